The molecule has 0 saturated carbocycles. The van der Waals surface area contributed by atoms with Gasteiger partial charge >= 0.3 is 0 Å². The summed E-state index contributed by atoms with van der Waals surface area (Å²) in [5.74, 6) is 0. The predicted molar refractivity (Wildman–Crippen MR) is 71.6 cm³/mol. The first-order valence-electron chi connectivity index (χ1n) is 4.54. The van der Waals surface area contributed by atoms with E-state index in [1.807, 2.05) is 26.8 Å². The molecule has 0 heterocycles. The minimum absolute atomic E-state index is 0.519. The second-order valence-corrected chi connectivity index (χ2v) is 3.47. The molecule has 80 valence electrons. The number of rotatable bonds is 4. The fourth-order valence-electron chi connectivity index (χ4n) is 0.503. The van der Waals surface area contributed by atoms with E-state index in [9.17, 15) is 0 Å². The highest BCUT2D eigenvalue weighted by atomic mass is 32.2. The Morgan fingerprint density at radius 3 is 2.36 bits per heavy atom. The van der Waals surface area contributed by atoms with Gasteiger partial charge in [0.05, 0.1) is 6.61 Å². The number of allylic oxidation sites excluding steroid dienone is 3. The fourth-order valence-corrected chi connectivity index (χ4v) is 1.53. The van der Waals surface area contributed by atoms with E-state index in [0.29, 0.717) is 11.0 Å². The van der Waals surface area contributed by atoms with Gasteiger partial charge in [0.15, 0.2) is 0 Å². The van der Waals surface area contributed by atoms with E-state index in [1.165, 1.54) is 11.8 Å². The Balaban J connectivity index is 0. The summed E-state index contributed by atoms with van der Waals surface area (Å²) in [6.07, 6.45) is 5.25. The molecule has 0 aliphatic heterocycles. The summed E-state index contributed by atoms with van der Waals surface area (Å²) < 4.78 is 5.61. The largest absolute Gasteiger partial charge is 0.479 e. The van der Waals surface area contributed by atoms with Crippen LogP contribution in [0.3, 0.4) is 0 Å². The summed E-state index contributed by atoms with van der Waals surface area (Å²) in [6.45, 7) is 13.7. The van der Waals surface area contributed by atoms with E-state index < -0.39 is 0 Å². The molecule has 0 N–H and O–H groups in total. The molecule has 1 nitrogen and oxygen atoms in total. The van der Waals surface area contributed by atoms with Gasteiger partial charge in [0.1, 0.15) is 0 Å². The summed E-state index contributed by atoms with van der Waals surface area (Å²) >= 11 is 6.30. The standard InChI is InChI=1S/C9H12OS2.C2H6/c1-4-7-8(5-2)12-9(11)10-6-3;1-2/h4-5,7H,1-2,6H2,3H3;1-2H3/b8-7+;. The Morgan fingerprint density at radius 1 is 1.43 bits per heavy atom. The third-order valence-corrected chi connectivity index (χ3v) is 2.14. The summed E-state index contributed by atoms with van der Waals surface area (Å²) in [5, 5.41) is 0. The fraction of sp³-hybridized carbons (Fsp3) is 0.364. The molecule has 14 heavy (non-hydrogen) atoms. The highest BCUT2D eigenvalue weighted by Gasteiger charge is 1.98. The Bertz CT molecular complexity index is 207. The van der Waals surface area contributed by atoms with Crippen molar-refractivity contribution in [3.63, 3.8) is 0 Å². The molecule has 0 aromatic rings. The average molecular weight is 230 g/mol. The van der Waals surface area contributed by atoms with Crippen molar-refractivity contribution in [2.24, 2.45) is 0 Å². The van der Waals surface area contributed by atoms with Crippen molar-refractivity contribution in [2.75, 3.05) is 6.61 Å². The van der Waals surface area contributed by atoms with Crippen LogP contribution in [-0.4, -0.2) is 11.0 Å². The zero-order valence-electron chi connectivity index (χ0n) is 9.08. The summed E-state index contributed by atoms with van der Waals surface area (Å²) in [6, 6.07) is 0. The van der Waals surface area contributed by atoms with Crippen LogP contribution >= 0.6 is 24.0 Å². The molecule has 0 saturated heterocycles. The van der Waals surface area contributed by atoms with E-state index in [-0.39, 0.29) is 0 Å². The average Bonchev–Trinajstić information content (AvgIpc) is 2.20. The highest BCUT2D eigenvalue weighted by Crippen LogP contribution is 2.19. The first kappa shape index (κ1) is 15.9. The Labute approximate surface area is 96.9 Å². The van der Waals surface area contributed by atoms with Crippen LogP contribution in [0.25, 0.3) is 0 Å². The second kappa shape index (κ2) is 12.5. The van der Waals surface area contributed by atoms with Crippen LogP contribution in [0.5, 0.6) is 0 Å². The number of thiocarbonyl (C=S) groups is 1. The van der Waals surface area contributed by atoms with Gasteiger partial charge in [-0.15, -0.1) is 0 Å². The lowest BCUT2D eigenvalue weighted by Crippen LogP contribution is -1.95. The Hall–Kier alpha value is -0.540. The van der Waals surface area contributed by atoms with Gasteiger partial charge in [0.2, 0.25) is 4.38 Å². The molecule has 0 bridgehead atoms. The SMILES string of the molecule is C=C/C=C(\C=C)SC(=S)OCC.CC. The van der Waals surface area contributed by atoms with Crippen molar-refractivity contribution in [3.05, 3.63) is 36.3 Å². The number of thioether (sulfide) groups is 1. The summed E-state index contributed by atoms with van der Waals surface area (Å²) in [4.78, 5) is 0.948. The lowest BCUT2D eigenvalue weighted by Gasteiger charge is -2.03. The van der Waals surface area contributed by atoms with E-state index >= 15 is 0 Å². The maximum Gasteiger partial charge on any atom is 0.224 e. The molecule has 0 fully saturated rings. The lowest BCUT2D eigenvalue weighted by molar-refractivity contribution is 0.346. The van der Waals surface area contributed by atoms with E-state index in [4.69, 9.17) is 17.0 Å². The van der Waals surface area contributed by atoms with Gasteiger partial charge in [-0.25, -0.2) is 0 Å². The minimum Gasteiger partial charge on any atom is -0.479 e. The molecule has 3 heteroatoms. The normalized spacial score (nSPS) is 9.50. The maximum absolute atomic E-state index is 5.09. The van der Waals surface area contributed by atoms with Gasteiger partial charge < -0.3 is 4.74 Å². The van der Waals surface area contributed by atoms with Crippen LogP contribution in [0.15, 0.2) is 36.3 Å². The molecular weight excluding hydrogens is 212 g/mol. The van der Waals surface area contributed by atoms with Crippen LogP contribution in [0, 0.1) is 0 Å². The van der Waals surface area contributed by atoms with Crippen LogP contribution in [0.1, 0.15) is 20.8 Å². The third-order valence-electron chi connectivity index (χ3n) is 0.947. The minimum atomic E-state index is 0.519. The van der Waals surface area contributed by atoms with Crippen molar-refractivity contribution in [1.82, 2.24) is 0 Å². The van der Waals surface area contributed by atoms with Gasteiger partial charge in [0, 0.05) is 4.91 Å². The molecule has 0 amide bonds. The second-order valence-electron chi connectivity index (χ2n) is 1.79. The number of hydrogen-bond acceptors (Lipinski definition) is 3. The molecule has 0 aromatic carbocycles. The van der Waals surface area contributed by atoms with Crippen molar-refractivity contribution < 1.29 is 4.74 Å². The van der Waals surface area contributed by atoms with Gasteiger partial charge in [-0.1, -0.05) is 39.2 Å². The van der Waals surface area contributed by atoms with Crippen LogP contribution < -0.4 is 0 Å². The van der Waals surface area contributed by atoms with Gasteiger partial charge in [0.25, 0.3) is 0 Å². The molecule has 0 rings (SSSR count). The van der Waals surface area contributed by atoms with Crippen molar-refractivity contribution >= 4 is 28.4 Å². The monoisotopic (exact) mass is 230 g/mol. The van der Waals surface area contributed by atoms with E-state index in [2.05, 4.69) is 13.2 Å². The molecule has 0 radical (unpaired) electrons. The maximum atomic E-state index is 5.09. The van der Waals surface area contributed by atoms with Crippen molar-refractivity contribution in [2.45, 2.75) is 20.8 Å². The molecule has 0 aliphatic rings. The van der Waals surface area contributed by atoms with Crippen molar-refractivity contribution in [3.8, 4) is 0 Å². The molecule has 0 aliphatic carbocycles. The molecule has 0 atom stereocenters. The summed E-state index contributed by atoms with van der Waals surface area (Å²) in [7, 11) is 0. The molecule has 0 aromatic heterocycles. The van der Waals surface area contributed by atoms with Crippen LogP contribution in [0.4, 0.5) is 0 Å². The smallest absolute Gasteiger partial charge is 0.224 e. The highest BCUT2D eigenvalue weighted by molar-refractivity contribution is 8.25. The van der Waals surface area contributed by atoms with E-state index in [1.54, 1.807) is 12.2 Å². The Morgan fingerprint density at radius 2 is 2.00 bits per heavy atom. The zero-order chi connectivity index (χ0) is 11.4. The lowest BCUT2D eigenvalue weighted by atomic mass is 10.5. The van der Waals surface area contributed by atoms with Crippen LogP contribution in [-0.2, 0) is 4.74 Å². The van der Waals surface area contributed by atoms with Gasteiger partial charge in [-0.05, 0) is 37.0 Å². The first-order valence-corrected chi connectivity index (χ1v) is 5.76. The first-order chi connectivity index (χ1) is 6.74. The van der Waals surface area contributed by atoms with Crippen LogP contribution in [0.2, 0.25) is 0 Å². The van der Waals surface area contributed by atoms with Gasteiger partial charge in [-0.3, -0.25) is 0 Å². The van der Waals surface area contributed by atoms with E-state index in [0.717, 1.165) is 4.91 Å². The Kier molecular flexibility index (Phi) is 14.2. The van der Waals surface area contributed by atoms with Crippen molar-refractivity contribution in [1.29, 1.82) is 0 Å². The molecule has 0 spiro atoms. The predicted octanol–water partition coefficient (Wildman–Crippen LogP) is 4.32. The van der Waals surface area contributed by atoms with Gasteiger partial charge in [-0.2, -0.15) is 0 Å². The quantitative estimate of drug-likeness (QED) is 0.526. The zero-order valence-corrected chi connectivity index (χ0v) is 10.7. The molecular formula is C11H18OS2. The number of ether oxygens (including phenoxy) is 1. The topological polar surface area (TPSA) is 9.23 Å². The summed E-state index contributed by atoms with van der Waals surface area (Å²) in [5.41, 5.74) is 0. The number of hydrogen-bond donors (Lipinski definition) is 0. The molecule has 0 unspecified atom stereocenters. The third kappa shape index (κ3) is 9.55.